The van der Waals surface area contributed by atoms with E-state index in [0.29, 0.717) is 22.6 Å². The molecule has 0 bridgehead atoms. The van der Waals surface area contributed by atoms with E-state index in [0.717, 1.165) is 6.07 Å². The van der Waals surface area contributed by atoms with Gasteiger partial charge in [0.25, 0.3) is 0 Å². The molecule has 0 spiro atoms. The molecule has 0 amide bonds. The molecule has 1 aromatic carbocycles. The molecule has 2 nitrogen and oxygen atoms in total. The van der Waals surface area contributed by atoms with Gasteiger partial charge in [-0.05, 0) is 11.6 Å². The molecule has 82 valence electrons. The smallest absolute Gasteiger partial charge is 0.169 e. The molecule has 1 heterocycles. The second-order valence-electron chi connectivity index (χ2n) is 3.20. The van der Waals surface area contributed by atoms with Crippen LogP contribution in [-0.4, -0.2) is 11.3 Å². The number of hydrogen-bond donors (Lipinski definition) is 0. The first-order chi connectivity index (χ1) is 7.69. The van der Waals surface area contributed by atoms with Crippen molar-refractivity contribution in [1.29, 1.82) is 0 Å². The van der Waals surface area contributed by atoms with Crippen molar-refractivity contribution < 1.29 is 13.6 Å². The topological polar surface area (TPSA) is 30.0 Å². The van der Waals surface area contributed by atoms with Gasteiger partial charge < -0.3 is 0 Å². The van der Waals surface area contributed by atoms with Gasteiger partial charge in [-0.2, -0.15) is 0 Å². The summed E-state index contributed by atoms with van der Waals surface area (Å²) in [5, 5.41) is 2.23. The van der Waals surface area contributed by atoms with E-state index in [1.807, 2.05) is 0 Å². The molecule has 0 unspecified atom stereocenters. The standard InChI is InChI=1S/C11H7F2NOS/c12-8-2-1-7(10(13)4-8)3-11-14-9(5-15)6-16-11/h1-2,4-6H,3H2. The lowest BCUT2D eigenvalue weighted by Crippen LogP contribution is -1.93. The van der Waals surface area contributed by atoms with Crippen molar-refractivity contribution in [3.05, 3.63) is 51.5 Å². The fourth-order valence-corrected chi connectivity index (χ4v) is 2.05. The van der Waals surface area contributed by atoms with Crippen LogP contribution in [-0.2, 0) is 6.42 Å². The Morgan fingerprint density at radius 3 is 2.81 bits per heavy atom. The Labute approximate surface area is 94.6 Å². The van der Waals surface area contributed by atoms with E-state index in [-0.39, 0.29) is 6.42 Å². The highest BCUT2D eigenvalue weighted by atomic mass is 32.1. The van der Waals surface area contributed by atoms with Gasteiger partial charge in [0.15, 0.2) is 6.29 Å². The zero-order chi connectivity index (χ0) is 11.5. The van der Waals surface area contributed by atoms with Gasteiger partial charge in [0, 0.05) is 17.9 Å². The van der Waals surface area contributed by atoms with Gasteiger partial charge in [-0.1, -0.05) is 6.07 Å². The molecular weight excluding hydrogens is 232 g/mol. The van der Waals surface area contributed by atoms with Crippen LogP contribution in [0.4, 0.5) is 8.78 Å². The van der Waals surface area contributed by atoms with Crippen LogP contribution in [0.15, 0.2) is 23.6 Å². The highest BCUT2D eigenvalue weighted by molar-refractivity contribution is 7.09. The van der Waals surface area contributed by atoms with Crippen LogP contribution in [0.1, 0.15) is 21.1 Å². The van der Waals surface area contributed by atoms with E-state index in [1.165, 1.54) is 23.5 Å². The molecule has 0 atom stereocenters. The lowest BCUT2D eigenvalue weighted by Gasteiger charge is -2.00. The fraction of sp³-hybridized carbons (Fsp3) is 0.0909. The number of carbonyl (C=O) groups is 1. The Morgan fingerprint density at radius 1 is 1.38 bits per heavy atom. The fourth-order valence-electron chi connectivity index (χ4n) is 1.29. The molecular formula is C11H7F2NOS. The number of hydrogen-bond acceptors (Lipinski definition) is 3. The van der Waals surface area contributed by atoms with Crippen LogP contribution in [0.3, 0.4) is 0 Å². The summed E-state index contributed by atoms with van der Waals surface area (Å²) in [5.74, 6) is -1.20. The van der Waals surface area contributed by atoms with Crippen LogP contribution in [0.5, 0.6) is 0 Å². The molecule has 0 fully saturated rings. The molecule has 0 radical (unpaired) electrons. The first-order valence-electron chi connectivity index (χ1n) is 4.52. The van der Waals surface area contributed by atoms with Crippen LogP contribution < -0.4 is 0 Å². The third-order valence-corrected chi connectivity index (χ3v) is 2.91. The van der Waals surface area contributed by atoms with Crippen molar-refractivity contribution in [2.24, 2.45) is 0 Å². The van der Waals surface area contributed by atoms with Gasteiger partial charge in [0.05, 0.1) is 5.01 Å². The maximum absolute atomic E-state index is 13.3. The monoisotopic (exact) mass is 239 g/mol. The Morgan fingerprint density at radius 2 is 2.19 bits per heavy atom. The zero-order valence-electron chi connectivity index (χ0n) is 8.11. The lowest BCUT2D eigenvalue weighted by molar-refractivity contribution is 0.111. The molecule has 16 heavy (non-hydrogen) atoms. The van der Waals surface area contributed by atoms with Gasteiger partial charge in [0.1, 0.15) is 17.3 Å². The normalized spacial score (nSPS) is 10.4. The highest BCUT2D eigenvalue weighted by Crippen LogP contribution is 2.17. The maximum Gasteiger partial charge on any atom is 0.169 e. The van der Waals surface area contributed by atoms with E-state index < -0.39 is 11.6 Å². The van der Waals surface area contributed by atoms with Crippen LogP contribution in [0.2, 0.25) is 0 Å². The van der Waals surface area contributed by atoms with Gasteiger partial charge in [-0.25, -0.2) is 13.8 Å². The van der Waals surface area contributed by atoms with Crippen molar-refractivity contribution in [1.82, 2.24) is 4.98 Å². The number of aldehydes is 1. The second kappa shape index (κ2) is 4.49. The molecule has 0 saturated carbocycles. The molecule has 0 aliphatic heterocycles. The first kappa shape index (κ1) is 10.9. The number of benzene rings is 1. The van der Waals surface area contributed by atoms with Gasteiger partial charge in [0.2, 0.25) is 0 Å². The molecule has 1 aromatic heterocycles. The highest BCUT2D eigenvalue weighted by Gasteiger charge is 2.07. The predicted octanol–water partition coefficient (Wildman–Crippen LogP) is 2.82. The number of aromatic nitrogens is 1. The summed E-state index contributed by atoms with van der Waals surface area (Å²) in [7, 11) is 0. The average Bonchev–Trinajstić information content (AvgIpc) is 2.70. The largest absolute Gasteiger partial charge is 0.296 e. The summed E-state index contributed by atoms with van der Waals surface area (Å²) < 4.78 is 25.9. The minimum atomic E-state index is -0.603. The molecule has 2 aromatic rings. The quantitative estimate of drug-likeness (QED) is 0.771. The molecule has 0 aliphatic carbocycles. The van der Waals surface area contributed by atoms with Crippen LogP contribution in [0.25, 0.3) is 0 Å². The van der Waals surface area contributed by atoms with Crippen molar-refractivity contribution in [3.63, 3.8) is 0 Å². The van der Waals surface area contributed by atoms with Crippen molar-refractivity contribution in [3.8, 4) is 0 Å². The zero-order valence-corrected chi connectivity index (χ0v) is 8.93. The number of halogens is 2. The minimum Gasteiger partial charge on any atom is -0.296 e. The number of carbonyl (C=O) groups excluding carboxylic acids is 1. The molecule has 2 rings (SSSR count). The maximum atomic E-state index is 13.3. The molecule has 0 aliphatic rings. The molecule has 0 N–H and O–H groups in total. The van der Waals surface area contributed by atoms with Crippen molar-refractivity contribution in [2.45, 2.75) is 6.42 Å². The molecule has 0 saturated heterocycles. The Balaban J connectivity index is 2.23. The number of nitrogens with zero attached hydrogens (tertiary/aromatic N) is 1. The summed E-state index contributed by atoms with van der Waals surface area (Å²) in [6.45, 7) is 0. The summed E-state index contributed by atoms with van der Waals surface area (Å²) >= 11 is 1.28. The summed E-state index contributed by atoms with van der Waals surface area (Å²) in [6, 6.07) is 3.42. The lowest BCUT2D eigenvalue weighted by atomic mass is 10.1. The third kappa shape index (κ3) is 2.30. The first-order valence-corrected chi connectivity index (χ1v) is 5.40. The minimum absolute atomic E-state index is 0.268. The van der Waals surface area contributed by atoms with E-state index >= 15 is 0 Å². The Hall–Kier alpha value is -1.62. The second-order valence-corrected chi connectivity index (χ2v) is 4.14. The van der Waals surface area contributed by atoms with E-state index in [1.54, 1.807) is 5.38 Å². The summed E-state index contributed by atoms with van der Waals surface area (Å²) in [4.78, 5) is 14.4. The SMILES string of the molecule is O=Cc1csc(Cc2ccc(F)cc2F)n1. The van der Waals surface area contributed by atoms with E-state index in [9.17, 15) is 13.6 Å². The van der Waals surface area contributed by atoms with Crippen molar-refractivity contribution in [2.75, 3.05) is 0 Å². The number of thiazole rings is 1. The summed E-state index contributed by atoms with van der Waals surface area (Å²) in [6.07, 6.45) is 0.908. The Kier molecular flexibility index (Phi) is 3.05. The number of rotatable bonds is 3. The molecule has 5 heteroatoms. The van der Waals surface area contributed by atoms with Crippen LogP contribution in [0, 0.1) is 11.6 Å². The van der Waals surface area contributed by atoms with Crippen LogP contribution >= 0.6 is 11.3 Å². The van der Waals surface area contributed by atoms with Crippen molar-refractivity contribution >= 4 is 17.6 Å². The average molecular weight is 239 g/mol. The Bertz CT molecular complexity index is 524. The van der Waals surface area contributed by atoms with Gasteiger partial charge in [-0.3, -0.25) is 4.79 Å². The summed E-state index contributed by atoms with van der Waals surface area (Å²) in [5.41, 5.74) is 0.704. The van der Waals surface area contributed by atoms with E-state index in [4.69, 9.17) is 0 Å². The predicted molar refractivity (Wildman–Crippen MR) is 56.7 cm³/mol. The van der Waals surface area contributed by atoms with E-state index in [2.05, 4.69) is 4.98 Å². The van der Waals surface area contributed by atoms with Gasteiger partial charge >= 0.3 is 0 Å². The third-order valence-electron chi connectivity index (χ3n) is 2.05. The van der Waals surface area contributed by atoms with Gasteiger partial charge in [-0.15, -0.1) is 11.3 Å².